The van der Waals surface area contributed by atoms with Crippen LogP contribution in [0.1, 0.15) is 18.4 Å². The van der Waals surface area contributed by atoms with Crippen molar-refractivity contribution in [1.29, 1.82) is 0 Å². The van der Waals surface area contributed by atoms with Gasteiger partial charge in [0.05, 0.1) is 21.8 Å². The molecule has 0 atom stereocenters. The van der Waals surface area contributed by atoms with E-state index in [-0.39, 0.29) is 21.5 Å². The zero-order valence-corrected chi connectivity index (χ0v) is 18.8. The van der Waals surface area contributed by atoms with Crippen LogP contribution in [0, 0.1) is 0 Å². The van der Waals surface area contributed by atoms with Gasteiger partial charge in [0, 0.05) is 25.3 Å². The first-order valence-electron chi connectivity index (χ1n) is 9.73. The molecule has 2 heterocycles. The standard InChI is InChI=1S/C21H20Cl2N4O3S/c22-18-14-24-27(21(28)20(18)23)16-7-9-17(10-8-16)31(29,30)25-13-15-5-1-2-6-19(15)26-11-3-4-12-26/h1-2,5-10,14,25H,3-4,11-13H2. The fraction of sp³-hybridized carbons (Fsp3) is 0.238. The zero-order chi connectivity index (χ0) is 22.0. The second-order valence-electron chi connectivity index (χ2n) is 7.16. The van der Waals surface area contributed by atoms with E-state index >= 15 is 0 Å². The predicted molar refractivity (Wildman–Crippen MR) is 122 cm³/mol. The van der Waals surface area contributed by atoms with Crippen LogP contribution < -0.4 is 15.2 Å². The summed E-state index contributed by atoms with van der Waals surface area (Å²) in [6.45, 7) is 2.14. The number of anilines is 1. The Morgan fingerprint density at radius 2 is 1.68 bits per heavy atom. The molecule has 1 aliphatic heterocycles. The van der Waals surface area contributed by atoms with Crippen molar-refractivity contribution < 1.29 is 8.42 Å². The molecule has 0 spiro atoms. The molecule has 1 aromatic heterocycles. The van der Waals surface area contributed by atoms with E-state index < -0.39 is 15.6 Å². The van der Waals surface area contributed by atoms with Gasteiger partial charge in [0.2, 0.25) is 10.0 Å². The minimum Gasteiger partial charge on any atom is -0.371 e. The van der Waals surface area contributed by atoms with Gasteiger partial charge >= 0.3 is 0 Å². The van der Waals surface area contributed by atoms with E-state index in [1.165, 1.54) is 30.5 Å². The Bertz CT molecular complexity index is 1250. The quantitative estimate of drug-likeness (QED) is 0.584. The van der Waals surface area contributed by atoms with Crippen LogP contribution in [-0.2, 0) is 16.6 Å². The number of nitrogens with zero attached hydrogens (tertiary/aromatic N) is 3. The number of sulfonamides is 1. The SMILES string of the molecule is O=c1c(Cl)c(Cl)cnn1-c1ccc(S(=O)(=O)NCc2ccccc2N2CCCC2)cc1. The molecule has 0 amide bonds. The molecule has 10 heteroatoms. The number of hydrogen-bond acceptors (Lipinski definition) is 5. The Balaban J connectivity index is 1.53. The van der Waals surface area contributed by atoms with Gasteiger partial charge in [-0.2, -0.15) is 9.78 Å². The number of hydrogen-bond donors (Lipinski definition) is 1. The molecule has 0 aliphatic carbocycles. The molecule has 1 saturated heterocycles. The average Bonchev–Trinajstić information content (AvgIpc) is 3.31. The van der Waals surface area contributed by atoms with Crippen molar-refractivity contribution in [2.45, 2.75) is 24.3 Å². The van der Waals surface area contributed by atoms with Gasteiger partial charge in [0.15, 0.2) is 0 Å². The molecular formula is C21H20Cl2N4O3S. The largest absolute Gasteiger partial charge is 0.371 e. The number of aromatic nitrogens is 2. The average molecular weight is 479 g/mol. The van der Waals surface area contributed by atoms with Crippen LogP contribution in [0.2, 0.25) is 10.0 Å². The summed E-state index contributed by atoms with van der Waals surface area (Å²) in [4.78, 5) is 14.6. The molecule has 7 nitrogen and oxygen atoms in total. The highest BCUT2D eigenvalue weighted by atomic mass is 35.5. The van der Waals surface area contributed by atoms with Crippen molar-refractivity contribution in [3.63, 3.8) is 0 Å². The summed E-state index contributed by atoms with van der Waals surface area (Å²) in [6, 6.07) is 13.6. The Hall–Kier alpha value is -2.39. The number of nitrogens with one attached hydrogen (secondary N) is 1. The van der Waals surface area contributed by atoms with Crippen molar-refractivity contribution in [1.82, 2.24) is 14.5 Å². The van der Waals surface area contributed by atoms with Crippen molar-refractivity contribution in [3.8, 4) is 5.69 Å². The Kier molecular flexibility index (Phi) is 6.34. The van der Waals surface area contributed by atoms with Gasteiger partial charge in [0.1, 0.15) is 5.02 Å². The molecule has 0 unspecified atom stereocenters. The smallest absolute Gasteiger partial charge is 0.291 e. The normalized spacial score (nSPS) is 14.2. The molecule has 3 aromatic rings. The lowest BCUT2D eigenvalue weighted by Crippen LogP contribution is -2.26. The summed E-state index contributed by atoms with van der Waals surface area (Å²) >= 11 is 11.7. The molecule has 1 fully saturated rings. The molecule has 0 saturated carbocycles. The third kappa shape index (κ3) is 4.62. The summed E-state index contributed by atoms with van der Waals surface area (Å²) in [7, 11) is -3.75. The first-order valence-corrected chi connectivity index (χ1v) is 12.0. The molecule has 162 valence electrons. The second kappa shape index (κ2) is 9.00. The summed E-state index contributed by atoms with van der Waals surface area (Å²) in [6.07, 6.45) is 3.54. The highest BCUT2D eigenvalue weighted by molar-refractivity contribution is 7.89. The fourth-order valence-electron chi connectivity index (χ4n) is 3.55. The second-order valence-corrected chi connectivity index (χ2v) is 9.72. The first-order chi connectivity index (χ1) is 14.9. The maximum absolute atomic E-state index is 12.8. The number of rotatable bonds is 6. The third-order valence-corrected chi connectivity index (χ3v) is 7.32. The van der Waals surface area contributed by atoms with Gasteiger partial charge in [0.25, 0.3) is 5.56 Å². The fourth-order valence-corrected chi connectivity index (χ4v) is 4.81. The van der Waals surface area contributed by atoms with Gasteiger partial charge in [-0.3, -0.25) is 4.79 Å². The highest BCUT2D eigenvalue weighted by Gasteiger charge is 2.18. The highest BCUT2D eigenvalue weighted by Crippen LogP contribution is 2.25. The summed E-state index contributed by atoms with van der Waals surface area (Å²) in [5.41, 5.74) is 1.78. The maximum Gasteiger partial charge on any atom is 0.291 e. The Labute approximate surface area is 190 Å². The van der Waals surface area contributed by atoms with Crippen LogP contribution in [0.15, 0.2) is 64.4 Å². The van der Waals surface area contributed by atoms with Crippen LogP contribution in [0.4, 0.5) is 5.69 Å². The van der Waals surface area contributed by atoms with Gasteiger partial charge in [-0.15, -0.1) is 0 Å². The van der Waals surface area contributed by atoms with Crippen molar-refractivity contribution >= 4 is 38.9 Å². The van der Waals surface area contributed by atoms with Crippen LogP contribution in [0.3, 0.4) is 0 Å². The number of benzene rings is 2. The van der Waals surface area contributed by atoms with E-state index in [1.807, 2.05) is 24.3 Å². The predicted octanol–water partition coefficient (Wildman–Crippen LogP) is 3.62. The summed E-state index contributed by atoms with van der Waals surface area (Å²) < 4.78 is 29.3. The lowest BCUT2D eigenvalue weighted by atomic mass is 10.1. The van der Waals surface area contributed by atoms with Gasteiger partial charge in [-0.25, -0.2) is 13.1 Å². The van der Waals surface area contributed by atoms with Crippen molar-refractivity contribution in [2.75, 3.05) is 18.0 Å². The van der Waals surface area contributed by atoms with E-state index in [2.05, 4.69) is 14.7 Å². The monoisotopic (exact) mass is 478 g/mol. The molecule has 0 radical (unpaired) electrons. The molecule has 31 heavy (non-hydrogen) atoms. The van der Waals surface area contributed by atoms with Gasteiger partial charge < -0.3 is 4.90 Å². The molecule has 4 rings (SSSR count). The van der Waals surface area contributed by atoms with Crippen molar-refractivity contribution in [3.05, 3.63) is 80.7 Å². The van der Waals surface area contributed by atoms with E-state index in [1.54, 1.807) is 0 Å². The number of para-hydroxylation sites is 1. The van der Waals surface area contributed by atoms with Gasteiger partial charge in [-0.05, 0) is 48.7 Å². The Morgan fingerprint density at radius 1 is 1.00 bits per heavy atom. The minimum atomic E-state index is -3.75. The molecule has 0 bridgehead atoms. The molecular weight excluding hydrogens is 459 g/mol. The third-order valence-electron chi connectivity index (χ3n) is 5.16. The zero-order valence-electron chi connectivity index (χ0n) is 16.5. The topological polar surface area (TPSA) is 84.3 Å². The lowest BCUT2D eigenvalue weighted by Gasteiger charge is -2.21. The molecule has 1 aliphatic rings. The Morgan fingerprint density at radius 3 is 2.39 bits per heavy atom. The lowest BCUT2D eigenvalue weighted by molar-refractivity contribution is 0.581. The summed E-state index contributed by atoms with van der Waals surface area (Å²) in [5.74, 6) is 0. The first kappa shape index (κ1) is 21.8. The van der Waals surface area contributed by atoms with Crippen LogP contribution in [-0.4, -0.2) is 31.3 Å². The van der Waals surface area contributed by atoms with E-state index in [4.69, 9.17) is 23.2 Å². The van der Waals surface area contributed by atoms with Crippen LogP contribution >= 0.6 is 23.2 Å². The molecule has 2 aromatic carbocycles. The van der Waals surface area contributed by atoms with Gasteiger partial charge in [-0.1, -0.05) is 41.4 Å². The van der Waals surface area contributed by atoms with Crippen LogP contribution in [0.25, 0.3) is 5.69 Å². The number of halogens is 2. The minimum absolute atomic E-state index is 0.0560. The van der Waals surface area contributed by atoms with Crippen LogP contribution in [0.5, 0.6) is 0 Å². The summed E-state index contributed by atoms with van der Waals surface area (Å²) in [5, 5.41) is 3.85. The van der Waals surface area contributed by atoms with Crippen molar-refractivity contribution in [2.24, 2.45) is 0 Å². The van der Waals surface area contributed by atoms with E-state index in [0.29, 0.717) is 5.69 Å². The van der Waals surface area contributed by atoms with E-state index in [9.17, 15) is 13.2 Å². The molecule has 1 N–H and O–H groups in total. The van der Waals surface area contributed by atoms with E-state index in [0.717, 1.165) is 41.9 Å². The maximum atomic E-state index is 12.8.